The third kappa shape index (κ3) is 2.25. The summed E-state index contributed by atoms with van der Waals surface area (Å²) < 4.78 is 0. The van der Waals surface area contributed by atoms with Crippen LogP contribution >= 0.6 is 0 Å². The lowest BCUT2D eigenvalue weighted by Gasteiger charge is -2.51. The van der Waals surface area contributed by atoms with Gasteiger partial charge in [-0.2, -0.15) is 0 Å². The van der Waals surface area contributed by atoms with Crippen LogP contribution < -0.4 is 0 Å². The fourth-order valence-electron chi connectivity index (χ4n) is 5.24. The summed E-state index contributed by atoms with van der Waals surface area (Å²) in [4.78, 5) is 37.7. The molecular formula is C22H22O7. The molecule has 1 saturated carbocycles. The first kappa shape index (κ1) is 19.4. The lowest BCUT2D eigenvalue weighted by Crippen LogP contribution is -2.59. The summed E-state index contributed by atoms with van der Waals surface area (Å²) in [6.07, 6.45) is -0.112. The Kier molecular flexibility index (Phi) is 3.87. The van der Waals surface area contributed by atoms with Crippen LogP contribution in [0, 0.1) is 11.8 Å². The first-order valence-electron chi connectivity index (χ1n) is 9.45. The molecule has 29 heavy (non-hydrogen) atoms. The van der Waals surface area contributed by atoms with Crippen LogP contribution in [0.2, 0.25) is 0 Å². The Morgan fingerprint density at radius 3 is 2.41 bits per heavy atom. The number of hydrogen-bond donors (Lipinski definition) is 4. The van der Waals surface area contributed by atoms with E-state index < -0.39 is 57.3 Å². The number of phenolic OH excluding ortho intramolecular Hbond substituents is 1. The van der Waals surface area contributed by atoms with E-state index in [1.54, 1.807) is 12.1 Å². The number of Topliss-reactive ketones (excluding diaryl/α,β-unsaturated/α-hetero) is 3. The molecule has 1 aromatic rings. The van der Waals surface area contributed by atoms with E-state index in [0.717, 1.165) is 6.92 Å². The van der Waals surface area contributed by atoms with Gasteiger partial charge in [0.25, 0.3) is 0 Å². The summed E-state index contributed by atoms with van der Waals surface area (Å²) in [5.41, 5.74) is -3.09. The SMILES string of the molecule is CC(=O)C1=C(O)C2(O)C(=O)C3=C(O)c4c(O)cccc4C(C)(C)C3CC2CC1=O. The summed E-state index contributed by atoms with van der Waals surface area (Å²) in [5.74, 6) is -5.37. The fourth-order valence-corrected chi connectivity index (χ4v) is 5.24. The number of hydrogen-bond acceptors (Lipinski definition) is 7. The van der Waals surface area contributed by atoms with Crippen molar-refractivity contribution in [2.45, 2.75) is 44.6 Å². The standard InChI is InChI=1S/C22H22O7/c1-9(23)15-14(25)8-10-7-12-17(20(28)22(10,29)19(15)27)18(26)16-11(21(12,2)3)5-4-6-13(16)24/h4-6,10,12,24,26-27,29H,7-8H2,1-3H3. The highest BCUT2D eigenvalue weighted by atomic mass is 16.3. The number of carbonyl (C=O) groups is 3. The summed E-state index contributed by atoms with van der Waals surface area (Å²) in [6, 6.07) is 4.79. The monoisotopic (exact) mass is 398 g/mol. The average Bonchev–Trinajstić information content (AvgIpc) is 2.62. The van der Waals surface area contributed by atoms with Crippen LogP contribution in [0.3, 0.4) is 0 Å². The van der Waals surface area contributed by atoms with Crippen LogP contribution in [0.4, 0.5) is 0 Å². The number of rotatable bonds is 1. The molecule has 7 nitrogen and oxygen atoms in total. The van der Waals surface area contributed by atoms with Crippen molar-refractivity contribution in [1.82, 2.24) is 0 Å². The minimum Gasteiger partial charge on any atom is -0.508 e. The highest BCUT2D eigenvalue weighted by Crippen LogP contribution is 2.57. The lowest BCUT2D eigenvalue weighted by atomic mass is 9.53. The molecule has 4 N–H and O–H groups in total. The van der Waals surface area contributed by atoms with Crippen molar-refractivity contribution in [3.05, 3.63) is 46.2 Å². The minimum absolute atomic E-state index is 0.105. The fraction of sp³-hybridized carbons (Fsp3) is 0.409. The Morgan fingerprint density at radius 1 is 1.14 bits per heavy atom. The zero-order chi connectivity index (χ0) is 21.5. The predicted octanol–water partition coefficient (Wildman–Crippen LogP) is 2.26. The molecule has 0 spiro atoms. The number of carbonyl (C=O) groups excluding carboxylic acids is 3. The molecule has 3 unspecified atom stereocenters. The van der Waals surface area contributed by atoms with Gasteiger partial charge in [0, 0.05) is 23.8 Å². The quantitative estimate of drug-likeness (QED) is 0.534. The van der Waals surface area contributed by atoms with Crippen molar-refractivity contribution in [3.63, 3.8) is 0 Å². The molecule has 7 heteroatoms. The van der Waals surface area contributed by atoms with E-state index in [2.05, 4.69) is 0 Å². The van der Waals surface area contributed by atoms with Crippen LogP contribution in [0.15, 0.2) is 35.1 Å². The minimum atomic E-state index is -2.47. The second-order valence-corrected chi connectivity index (χ2v) is 8.67. The Labute approximate surface area is 167 Å². The molecule has 0 saturated heterocycles. The van der Waals surface area contributed by atoms with E-state index in [9.17, 15) is 34.8 Å². The Hall–Kier alpha value is -2.93. The number of aliphatic hydroxyl groups is 3. The van der Waals surface area contributed by atoms with Crippen LogP contribution in [0.1, 0.15) is 44.7 Å². The van der Waals surface area contributed by atoms with Crippen molar-refractivity contribution >= 4 is 23.1 Å². The van der Waals surface area contributed by atoms with E-state index in [4.69, 9.17) is 0 Å². The number of aromatic hydroxyl groups is 1. The lowest BCUT2D eigenvalue weighted by molar-refractivity contribution is -0.148. The summed E-state index contributed by atoms with van der Waals surface area (Å²) in [7, 11) is 0. The molecule has 1 fully saturated rings. The number of ketones is 3. The van der Waals surface area contributed by atoms with Gasteiger partial charge in [0.05, 0.1) is 5.56 Å². The molecule has 0 aliphatic heterocycles. The van der Waals surface area contributed by atoms with Gasteiger partial charge in [-0.1, -0.05) is 26.0 Å². The second-order valence-electron chi connectivity index (χ2n) is 8.67. The van der Waals surface area contributed by atoms with Gasteiger partial charge >= 0.3 is 0 Å². The van der Waals surface area contributed by atoms with E-state index in [-0.39, 0.29) is 29.7 Å². The van der Waals surface area contributed by atoms with Crippen molar-refractivity contribution in [3.8, 4) is 5.75 Å². The van der Waals surface area contributed by atoms with Crippen LogP contribution in [-0.2, 0) is 19.8 Å². The molecule has 0 bridgehead atoms. The number of aliphatic hydroxyl groups excluding tert-OH is 2. The molecule has 0 aromatic heterocycles. The maximum Gasteiger partial charge on any atom is 0.202 e. The smallest absolute Gasteiger partial charge is 0.202 e. The maximum absolute atomic E-state index is 13.5. The predicted molar refractivity (Wildman–Crippen MR) is 102 cm³/mol. The Balaban J connectivity index is 2.01. The molecule has 3 aliphatic rings. The van der Waals surface area contributed by atoms with E-state index in [1.165, 1.54) is 6.07 Å². The van der Waals surface area contributed by atoms with Gasteiger partial charge < -0.3 is 20.4 Å². The van der Waals surface area contributed by atoms with Gasteiger partial charge in [-0.15, -0.1) is 0 Å². The van der Waals surface area contributed by atoms with Crippen LogP contribution in [0.5, 0.6) is 5.75 Å². The van der Waals surface area contributed by atoms with E-state index in [1.807, 2.05) is 13.8 Å². The van der Waals surface area contributed by atoms with Gasteiger partial charge in [0.1, 0.15) is 22.8 Å². The normalized spacial score (nSPS) is 30.6. The molecule has 3 aliphatic carbocycles. The highest BCUT2D eigenvalue weighted by Gasteiger charge is 2.62. The highest BCUT2D eigenvalue weighted by molar-refractivity contribution is 6.23. The maximum atomic E-state index is 13.5. The molecule has 0 heterocycles. The zero-order valence-corrected chi connectivity index (χ0v) is 16.3. The zero-order valence-electron chi connectivity index (χ0n) is 16.3. The van der Waals surface area contributed by atoms with Gasteiger partial charge in [-0.3, -0.25) is 14.4 Å². The van der Waals surface area contributed by atoms with E-state index >= 15 is 0 Å². The number of benzene rings is 1. The largest absolute Gasteiger partial charge is 0.508 e. The van der Waals surface area contributed by atoms with Crippen molar-refractivity contribution in [2.75, 3.05) is 0 Å². The molecule has 0 radical (unpaired) electrons. The van der Waals surface area contributed by atoms with Gasteiger partial charge in [0.2, 0.25) is 5.78 Å². The molecular weight excluding hydrogens is 376 g/mol. The molecule has 0 amide bonds. The Morgan fingerprint density at radius 2 is 1.79 bits per heavy atom. The molecule has 3 atom stereocenters. The van der Waals surface area contributed by atoms with Crippen LogP contribution in [-0.4, -0.2) is 43.4 Å². The van der Waals surface area contributed by atoms with Crippen LogP contribution in [0.25, 0.3) is 5.76 Å². The second kappa shape index (κ2) is 5.79. The first-order chi connectivity index (χ1) is 13.4. The van der Waals surface area contributed by atoms with Crippen molar-refractivity contribution in [1.29, 1.82) is 0 Å². The number of allylic oxidation sites excluding steroid dienone is 1. The first-order valence-corrected chi connectivity index (χ1v) is 9.45. The topological polar surface area (TPSA) is 132 Å². The average molecular weight is 398 g/mol. The molecule has 4 rings (SSSR count). The summed E-state index contributed by atoms with van der Waals surface area (Å²) >= 11 is 0. The third-order valence-electron chi connectivity index (χ3n) is 6.81. The number of fused-ring (bicyclic) bond motifs is 3. The third-order valence-corrected chi connectivity index (χ3v) is 6.81. The van der Waals surface area contributed by atoms with E-state index in [0.29, 0.717) is 5.56 Å². The number of phenols is 1. The van der Waals surface area contributed by atoms with Crippen molar-refractivity contribution < 1.29 is 34.8 Å². The summed E-state index contributed by atoms with van der Waals surface area (Å²) in [6.45, 7) is 4.81. The van der Waals surface area contributed by atoms with Gasteiger partial charge in [0.15, 0.2) is 17.2 Å². The summed E-state index contributed by atoms with van der Waals surface area (Å²) in [5, 5.41) is 43.1. The van der Waals surface area contributed by atoms with Gasteiger partial charge in [-0.25, -0.2) is 0 Å². The van der Waals surface area contributed by atoms with Gasteiger partial charge in [-0.05, 0) is 30.4 Å². The Bertz CT molecular complexity index is 1060. The van der Waals surface area contributed by atoms with Crippen molar-refractivity contribution in [2.24, 2.45) is 11.8 Å². The molecule has 1 aromatic carbocycles. The molecule has 152 valence electrons.